The summed E-state index contributed by atoms with van der Waals surface area (Å²) in [6.45, 7) is 1.61. The van der Waals surface area contributed by atoms with Gasteiger partial charge in [0.15, 0.2) is 5.84 Å². The first-order valence-electron chi connectivity index (χ1n) is 7.54. The van der Waals surface area contributed by atoms with Crippen LogP contribution in [0, 0.1) is 5.92 Å². The van der Waals surface area contributed by atoms with E-state index in [9.17, 15) is 5.11 Å². The maximum absolute atomic E-state index is 10.7. The molecule has 2 unspecified atom stereocenters. The van der Waals surface area contributed by atoms with Gasteiger partial charge in [-0.25, -0.2) is 4.98 Å². The molecule has 0 radical (unpaired) electrons. The van der Waals surface area contributed by atoms with E-state index in [1.54, 1.807) is 12.3 Å². The third-order valence-electron chi connectivity index (χ3n) is 4.90. The van der Waals surface area contributed by atoms with Crippen molar-refractivity contribution in [3.63, 3.8) is 0 Å². The molecule has 2 heterocycles. The lowest BCUT2D eigenvalue weighted by atomic mass is 9.71. The highest BCUT2D eigenvalue weighted by Crippen LogP contribution is 2.40. The Labute approximate surface area is 124 Å². The van der Waals surface area contributed by atoms with E-state index in [4.69, 9.17) is 10.9 Å². The molecular weight excluding hydrogens is 268 g/mol. The molecule has 6 nitrogen and oxygen atoms in total. The Morgan fingerprint density at radius 3 is 3.10 bits per heavy atom. The Morgan fingerprint density at radius 1 is 1.43 bits per heavy atom. The van der Waals surface area contributed by atoms with E-state index in [0.29, 0.717) is 11.5 Å². The third-order valence-corrected chi connectivity index (χ3v) is 4.90. The molecule has 2 atom stereocenters. The second-order valence-corrected chi connectivity index (χ2v) is 6.13. The van der Waals surface area contributed by atoms with Gasteiger partial charge in [-0.05, 0) is 31.4 Å². The van der Waals surface area contributed by atoms with E-state index in [0.717, 1.165) is 44.6 Å². The second-order valence-electron chi connectivity index (χ2n) is 6.13. The number of piperidine rings is 1. The zero-order valence-electron chi connectivity index (χ0n) is 12.1. The Balaban J connectivity index is 1.79. The summed E-state index contributed by atoms with van der Waals surface area (Å²) in [6, 6.07) is 3.56. The standard InChI is InChI=1S/C15H22N4O2/c16-14(18-21)11-4-7-17-13(9-11)19-8-6-15(20)5-2-1-3-12(15)10-19/h4,7,9,12,20-21H,1-3,5-6,8,10H2,(H2,16,18). The van der Waals surface area contributed by atoms with E-state index in [-0.39, 0.29) is 5.84 Å². The van der Waals surface area contributed by atoms with Gasteiger partial charge >= 0.3 is 0 Å². The van der Waals surface area contributed by atoms with E-state index >= 15 is 0 Å². The van der Waals surface area contributed by atoms with E-state index in [2.05, 4.69) is 15.0 Å². The summed E-state index contributed by atoms with van der Waals surface area (Å²) < 4.78 is 0. The number of aliphatic hydroxyl groups is 1. The van der Waals surface area contributed by atoms with Gasteiger partial charge in [0.25, 0.3) is 0 Å². The molecular formula is C15H22N4O2. The maximum atomic E-state index is 10.7. The van der Waals surface area contributed by atoms with Gasteiger partial charge in [0.1, 0.15) is 5.82 Å². The van der Waals surface area contributed by atoms with Gasteiger partial charge in [0.2, 0.25) is 0 Å². The molecule has 3 rings (SSSR count). The van der Waals surface area contributed by atoms with Gasteiger partial charge in [0.05, 0.1) is 5.60 Å². The van der Waals surface area contributed by atoms with Crippen LogP contribution in [0.15, 0.2) is 23.5 Å². The third kappa shape index (κ3) is 2.68. The summed E-state index contributed by atoms with van der Waals surface area (Å²) in [4.78, 5) is 6.59. The number of nitrogens with two attached hydrogens (primary N) is 1. The second kappa shape index (κ2) is 5.52. The summed E-state index contributed by atoms with van der Waals surface area (Å²) in [5, 5.41) is 22.5. The van der Waals surface area contributed by atoms with Crippen molar-refractivity contribution >= 4 is 11.7 Å². The molecule has 1 aliphatic heterocycles. The fourth-order valence-electron chi connectivity index (χ4n) is 3.59. The lowest BCUT2D eigenvalue weighted by Gasteiger charge is -2.47. The Hall–Kier alpha value is -1.82. The summed E-state index contributed by atoms with van der Waals surface area (Å²) in [5.74, 6) is 1.23. The van der Waals surface area contributed by atoms with Gasteiger partial charge < -0.3 is 20.9 Å². The lowest BCUT2D eigenvalue weighted by Crippen LogP contribution is -2.53. The van der Waals surface area contributed by atoms with Crippen LogP contribution in [0.25, 0.3) is 0 Å². The number of hydrogen-bond acceptors (Lipinski definition) is 5. The number of aromatic nitrogens is 1. The number of rotatable bonds is 2. The fourth-order valence-corrected chi connectivity index (χ4v) is 3.59. The van der Waals surface area contributed by atoms with Crippen molar-refractivity contribution in [3.8, 4) is 0 Å². The molecule has 0 bridgehead atoms. The van der Waals surface area contributed by atoms with E-state index < -0.39 is 5.60 Å². The Kier molecular flexibility index (Phi) is 3.71. The Bertz CT molecular complexity index is 548. The van der Waals surface area contributed by atoms with Gasteiger partial charge in [-0.15, -0.1) is 0 Å². The highest BCUT2D eigenvalue weighted by Gasteiger charge is 2.42. The van der Waals surface area contributed by atoms with Crippen molar-refractivity contribution < 1.29 is 10.3 Å². The normalized spacial score (nSPS) is 30.0. The fraction of sp³-hybridized carbons (Fsp3) is 0.600. The van der Waals surface area contributed by atoms with Crippen molar-refractivity contribution in [2.45, 2.75) is 37.7 Å². The number of amidine groups is 1. The van der Waals surface area contributed by atoms with Gasteiger partial charge in [-0.3, -0.25) is 0 Å². The monoisotopic (exact) mass is 290 g/mol. The number of oxime groups is 1. The van der Waals surface area contributed by atoms with Crippen LogP contribution < -0.4 is 10.6 Å². The van der Waals surface area contributed by atoms with Crippen molar-refractivity contribution in [2.75, 3.05) is 18.0 Å². The first-order chi connectivity index (χ1) is 10.1. The van der Waals surface area contributed by atoms with Crippen molar-refractivity contribution in [2.24, 2.45) is 16.8 Å². The SMILES string of the molecule is N/C(=N/O)c1ccnc(N2CCC3(O)CCCCC3C2)c1. The van der Waals surface area contributed by atoms with Gasteiger partial charge in [-0.2, -0.15) is 0 Å². The molecule has 6 heteroatoms. The smallest absolute Gasteiger partial charge is 0.170 e. The number of anilines is 1. The number of pyridine rings is 1. The van der Waals surface area contributed by atoms with Crippen LogP contribution in [0.4, 0.5) is 5.82 Å². The molecule has 0 spiro atoms. The number of hydrogen-bond donors (Lipinski definition) is 3. The van der Waals surface area contributed by atoms with Crippen LogP contribution in [0.1, 0.15) is 37.7 Å². The largest absolute Gasteiger partial charge is 0.409 e. The summed E-state index contributed by atoms with van der Waals surface area (Å²) in [7, 11) is 0. The molecule has 4 N–H and O–H groups in total. The Morgan fingerprint density at radius 2 is 2.29 bits per heavy atom. The molecule has 114 valence electrons. The van der Waals surface area contributed by atoms with Crippen LogP contribution in [0.2, 0.25) is 0 Å². The molecule has 2 fully saturated rings. The van der Waals surface area contributed by atoms with Crippen molar-refractivity contribution in [3.05, 3.63) is 23.9 Å². The minimum Gasteiger partial charge on any atom is -0.409 e. The molecule has 1 saturated carbocycles. The van der Waals surface area contributed by atoms with Gasteiger partial charge in [0, 0.05) is 30.8 Å². The van der Waals surface area contributed by atoms with Crippen LogP contribution in [-0.4, -0.2) is 39.8 Å². The molecule has 1 aromatic rings. The maximum Gasteiger partial charge on any atom is 0.170 e. The molecule has 1 aromatic heterocycles. The predicted molar refractivity (Wildman–Crippen MR) is 80.5 cm³/mol. The minimum atomic E-state index is -0.488. The molecule has 2 aliphatic rings. The molecule has 1 aliphatic carbocycles. The van der Waals surface area contributed by atoms with E-state index in [1.807, 2.05) is 6.07 Å². The van der Waals surface area contributed by atoms with Gasteiger partial charge in [-0.1, -0.05) is 18.0 Å². The van der Waals surface area contributed by atoms with Crippen LogP contribution in [-0.2, 0) is 0 Å². The summed E-state index contributed by atoms with van der Waals surface area (Å²) in [5.41, 5.74) is 5.80. The lowest BCUT2D eigenvalue weighted by molar-refractivity contribution is -0.0613. The van der Waals surface area contributed by atoms with Crippen molar-refractivity contribution in [1.82, 2.24) is 4.98 Å². The highest BCUT2D eigenvalue weighted by atomic mass is 16.4. The zero-order chi connectivity index (χ0) is 14.9. The number of nitrogens with zero attached hydrogens (tertiary/aromatic N) is 3. The van der Waals surface area contributed by atoms with Crippen LogP contribution in [0.3, 0.4) is 0 Å². The highest BCUT2D eigenvalue weighted by molar-refractivity contribution is 5.97. The summed E-state index contributed by atoms with van der Waals surface area (Å²) >= 11 is 0. The zero-order valence-corrected chi connectivity index (χ0v) is 12.1. The molecule has 0 aromatic carbocycles. The number of fused-ring (bicyclic) bond motifs is 1. The van der Waals surface area contributed by atoms with Crippen LogP contribution in [0.5, 0.6) is 0 Å². The quantitative estimate of drug-likeness (QED) is 0.330. The molecule has 21 heavy (non-hydrogen) atoms. The minimum absolute atomic E-state index is 0.0878. The average Bonchev–Trinajstić information content (AvgIpc) is 2.53. The summed E-state index contributed by atoms with van der Waals surface area (Å²) in [6.07, 6.45) is 6.77. The first-order valence-corrected chi connectivity index (χ1v) is 7.54. The molecule has 1 saturated heterocycles. The van der Waals surface area contributed by atoms with Crippen LogP contribution >= 0.6 is 0 Å². The average molecular weight is 290 g/mol. The predicted octanol–water partition coefficient (Wildman–Crippen LogP) is 1.31. The van der Waals surface area contributed by atoms with E-state index in [1.165, 1.54) is 6.42 Å². The van der Waals surface area contributed by atoms with Crippen molar-refractivity contribution in [1.29, 1.82) is 0 Å². The topological polar surface area (TPSA) is 95.0 Å². The first kappa shape index (κ1) is 14.1. The molecule has 0 amide bonds.